The molecule has 0 atom stereocenters. The highest BCUT2D eigenvalue weighted by atomic mass is 19.3. The number of hydrogen-bond donors (Lipinski definition) is 2. The number of ether oxygens (including phenoxy) is 3. The smallest absolute Gasteiger partial charge is 0.387 e. The average Bonchev–Trinajstić information content (AvgIpc) is 2.56. The predicted octanol–water partition coefficient (Wildman–Crippen LogP) is 2.04. The van der Waals surface area contributed by atoms with Crippen LogP contribution < -0.4 is 20.1 Å². The van der Waals surface area contributed by atoms with Crippen molar-refractivity contribution in [2.24, 2.45) is 4.99 Å². The fourth-order valence-corrected chi connectivity index (χ4v) is 2.00. The number of hydrogen-bond acceptors (Lipinski definition) is 4. The zero-order chi connectivity index (χ0) is 17.8. The zero-order valence-electron chi connectivity index (χ0n) is 14.3. The Morgan fingerprint density at radius 2 is 1.96 bits per heavy atom. The first-order valence-corrected chi connectivity index (χ1v) is 7.74. The number of rotatable bonds is 10. The van der Waals surface area contributed by atoms with Gasteiger partial charge in [-0.3, -0.25) is 4.99 Å². The minimum Gasteiger partial charge on any atom is -0.493 e. The van der Waals surface area contributed by atoms with E-state index < -0.39 is 6.61 Å². The standard InChI is InChI=1S/C16H25F2N3O3/c1-4-23-10-9-21-16(19-2)20-8-7-12-5-6-13(22-3)14(11-12)24-15(17)18/h5-6,11,15H,4,7-10H2,1-3H3,(H2,19,20,21). The van der Waals surface area contributed by atoms with E-state index in [-0.39, 0.29) is 11.5 Å². The van der Waals surface area contributed by atoms with E-state index in [2.05, 4.69) is 20.4 Å². The highest BCUT2D eigenvalue weighted by Crippen LogP contribution is 2.29. The SMILES string of the molecule is CCOCCNC(=NC)NCCc1ccc(OC)c(OC(F)F)c1. The van der Waals surface area contributed by atoms with Gasteiger partial charge in [0.05, 0.1) is 13.7 Å². The Hall–Kier alpha value is -2.09. The molecule has 136 valence electrons. The molecule has 24 heavy (non-hydrogen) atoms. The molecule has 6 nitrogen and oxygen atoms in total. The molecule has 0 aliphatic carbocycles. The summed E-state index contributed by atoms with van der Waals surface area (Å²) in [5, 5.41) is 6.26. The van der Waals surface area contributed by atoms with Gasteiger partial charge >= 0.3 is 6.61 Å². The Morgan fingerprint density at radius 1 is 1.21 bits per heavy atom. The van der Waals surface area contributed by atoms with Crippen molar-refractivity contribution in [3.05, 3.63) is 23.8 Å². The molecule has 0 radical (unpaired) electrons. The number of methoxy groups -OCH3 is 1. The summed E-state index contributed by atoms with van der Waals surface area (Å²) in [6.07, 6.45) is 0.621. The van der Waals surface area contributed by atoms with Crippen LogP contribution in [-0.2, 0) is 11.2 Å². The molecule has 0 bridgehead atoms. The second kappa shape index (κ2) is 11.4. The topological polar surface area (TPSA) is 64.1 Å². The summed E-state index contributed by atoms with van der Waals surface area (Å²) in [5.41, 5.74) is 0.851. The Morgan fingerprint density at radius 3 is 2.58 bits per heavy atom. The predicted molar refractivity (Wildman–Crippen MR) is 89.2 cm³/mol. The maximum atomic E-state index is 12.4. The highest BCUT2D eigenvalue weighted by molar-refractivity contribution is 5.79. The van der Waals surface area contributed by atoms with Gasteiger partial charge in [-0.25, -0.2) is 0 Å². The molecule has 2 N–H and O–H groups in total. The minimum absolute atomic E-state index is 0.0317. The number of nitrogens with zero attached hydrogens (tertiary/aromatic N) is 1. The van der Waals surface area contributed by atoms with Gasteiger partial charge in [-0.1, -0.05) is 6.07 Å². The minimum atomic E-state index is -2.89. The van der Waals surface area contributed by atoms with E-state index in [4.69, 9.17) is 9.47 Å². The van der Waals surface area contributed by atoms with Crippen LogP contribution in [0, 0.1) is 0 Å². The third kappa shape index (κ3) is 7.45. The van der Waals surface area contributed by atoms with Crippen molar-refractivity contribution in [2.75, 3.05) is 40.5 Å². The van der Waals surface area contributed by atoms with Crippen LogP contribution in [0.4, 0.5) is 8.78 Å². The van der Waals surface area contributed by atoms with Crippen LogP contribution in [0.15, 0.2) is 23.2 Å². The van der Waals surface area contributed by atoms with E-state index >= 15 is 0 Å². The maximum absolute atomic E-state index is 12.4. The molecule has 0 saturated carbocycles. The van der Waals surface area contributed by atoms with E-state index in [1.54, 1.807) is 19.2 Å². The van der Waals surface area contributed by atoms with Gasteiger partial charge in [0.1, 0.15) is 0 Å². The molecule has 8 heteroatoms. The Labute approximate surface area is 141 Å². The van der Waals surface area contributed by atoms with Crippen molar-refractivity contribution in [3.63, 3.8) is 0 Å². The zero-order valence-corrected chi connectivity index (χ0v) is 14.3. The lowest BCUT2D eigenvalue weighted by Crippen LogP contribution is -2.39. The van der Waals surface area contributed by atoms with Crippen LogP contribution >= 0.6 is 0 Å². The molecule has 0 heterocycles. The summed E-state index contributed by atoms with van der Waals surface area (Å²) in [6, 6.07) is 4.98. The number of nitrogens with one attached hydrogen (secondary N) is 2. The number of benzene rings is 1. The second-order valence-electron chi connectivity index (χ2n) is 4.74. The van der Waals surface area contributed by atoms with Crippen molar-refractivity contribution in [3.8, 4) is 11.5 Å². The summed E-state index contributed by atoms with van der Waals surface area (Å²) in [5.74, 6) is 0.969. The normalized spacial score (nSPS) is 11.5. The molecular formula is C16H25F2N3O3. The summed E-state index contributed by atoms with van der Waals surface area (Å²) in [4.78, 5) is 4.10. The van der Waals surface area contributed by atoms with Crippen molar-refractivity contribution < 1.29 is 23.0 Å². The van der Waals surface area contributed by atoms with Crippen LogP contribution in [0.5, 0.6) is 11.5 Å². The highest BCUT2D eigenvalue weighted by Gasteiger charge is 2.11. The summed E-state index contributed by atoms with van der Waals surface area (Å²) >= 11 is 0. The van der Waals surface area contributed by atoms with Crippen molar-refractivity contribution in [2.45, 2.75) is 20.0 Å². The number of alkyl halides is 2. The molecule has 1 rings (SSSR count). The van der Waals surface area contributed by atoms with Gasteiger partial charge in [-0.2, -0.15) is 8.78 Å². The van der Waals surface area contributed by atoms with Crippen LogP contribution in [0.1, 0.15) is 12.5 Å². The summed E-state index contributed by atoms with van der Waals surface area (Å²) in [7, 11) is 3.09. The second-order valence-corrected chi connectivity index (χ2v) is 4.74. The number of aliphatic imine (C=N–C) groups is 1. The molecular weight excluding hydrogens is 320 g/mol. The number of guanidine groups is 1. The van der Waals surface area contributed by atoms with Gasteiger partial charge in [-0.15, -0.1) is 0 Å². The van der Waals surface area contributed by atoms with Crippen LogP contribution in [0.3, 0.4) is 0 Å². The fourth-order valence-electron chi connectivity index (χ4n) is 2.00. The van der Waals surface area contributed by atoms with E-state index in [1.165, 1.54) is 7.11 Å². The maximum Gasteiger partial charge on any atom is 0.387 e. The molecule has 0 spiro atoms. The molecule has 0 unspecified atom stereocenters. The van der Waals surface area contributed by atoms with E-state index in [9.17, 15) is 8.78 Å². The molecule has 0 aliphatic heterocycles. The van der Waals surface area contributed by atoms with Gasteiger partial charge in [0.25, 0.3) is 0 Å². The quantitative estimate of drug-likeness (QED) is 0.386. The van der Waals surface area contributed by atoms with Crippen LogP contribution in [0.25, 0.3) is 0 Å². The fraction of sp³-hybridized carbons (Fsp3) is 0.562. The summed E-state index contributed by atoms with van der Waals surface area (Å²) in [6.45, 7) is 1.57. The van der Waals surface area contributed by atoms with Gasteiger partial charge < -0.3 is 24.8 Å². The first kappa shape index (κ1) is 20.0. The van der Waals surface area contributed by atoms with Crippen molar-refractivity contribution >= 4 is 5.96 Å². The van der Waals surface area contributed by atoms with Gasteiger partial charge in [0.2, 0.25) is 0 Å². The van der Waals surface area contributed by atoms with Crippen LogP contribution in [-0.4, -0.2) is 53.0 Å². The van der Waals surface area contributed by atoms with Gasteiger partial charge in [0, 0.05) is 26.7 Å². The molecule has 0 amide bonds. The Bertz CT molecular complexity index is 513. The van der Waals surface area contributed by atoms with Crippen molar-refractivity contribution in [1.29, 1.82) is 0 Å². The monoisotopic (exact) mass is 345 g/mol. The van der Waals surface area contributed by atoms with E-state index in [0.717, 1.165) is 5.56 Å². The number of halogens is 2. The average molecular weight is 345 g/mol. The Balaban J connectivity index is 2.48. The molecule has 0 aliphatic rings. The van der Waals surface area contributed by atoms with E-state index in [0.29, 0.717) is 38.7 Å². The first-order valence-electron chi connectivity index (χ1n) is 7.74. The largest absolute Gasteiger partial charge is 0.493 e. The van der Waals surface area contributed by atoms with Crippen LogP contribution in [0.2, 0.25) is 0 Å². The Kier molecular flexibility index (Phi) is 9.52. The van der Waals surface area contributed by atoms with Gasteiger partial charge in [0.15, 0.2) is 17.5 Å². The third-order valence-electron chi connectivity index (χ3n) is 3.12. The molecule has 1 aromatic carbocycles. The summed E-state index contributed by atoms with van der Waals surface area (Å²) < 4.78 is 39.6. The van der Waals surface area contributed by atoms with Crippen molar-refractivity contribution in [1.82, 2.24) is 10.6 Å². The van der Waals surface area contributed by atoms with E-state index in [1.807, 2.05) is 13.0 Å². The molecule has 0 aromatic heterocycles. The third-order valence-corrected chi connectivity index (χ3v) is 3.12. The molecule has 1 aromatic rings. The molecule has 0 fully saturated rings. The lowest BCUT2D eigenvalue weighted by Gasteiger charge is -2.13. The lowest BCUT2D eigenvalue weighted by molar-refractivity contribution is -0.0512. The molecule has 0 saturated heterocycles. The first-order chi connectivity index (χ1) is 11.6. The lowest BCUT2D eigenvalue weighted by atomic mass is 10.1. The van der Waals surface area contributed by atoms with Gasteiger partial charge in [-0.05, 0) is 31.0 Å².